The third-order valence-corrected chi connectivity index (χ3v) is 5.98. The maximum atomic E-state index is 6.65. The first-order chi connectivity index (χ1) is 13.0. The van der Waals surface area contributed by atoms with Crippen LogP contribution in [0.4, 0.5) is 0 Å². The third-order valence-electron chi connectivity index (χ3n) is 5.98. The number of aryl methyl sites for hydroxylation is 1. The molecule has 3 aliphatic heterocycles. The fraction of sp³-hybridized carbons (Fsp3) is 0.435. The van der Waals surface area contributed by atoms with E-state index >= 15 is 0 Å². The number of fused-ring (bicyclic) bond motifs is 4. The van der Waals surface area contributed by atoms with Crippen LogP contribution in [0, 0.1) is 6.92 Å². The lowest BCUT2D eigenvalue weighted by Gasteiger charge is -2.52. The Morgan fingerprint density at radius 1 is 1.07 bits per heavy atom. The third kappa shape index (κ3) is 2.74. The molecule has 1 saturated heterocycles. The highest BCUT2D eigenvalue weighted by Gasteiger charge is 2.54. The molecule has 2 atom stereocenters. The first kappa shape index (κ1) is 16.8. The van der Waals surface area contributed by atoms with Gasteiger partial charge in [-0.2, -0.15) is 5.10 Å². The van der Waals surface area contributed by atoms with Crippen molar-refractivity contribution in [3.05, 3.63) is 65.2 Å². The molecule has 4 nitrogen and oxygen atoms in total. The Kier molecular flexibility index (Phi) is 3.63. The largest absolute Gasteiger partial charge is 0.466 e. The number of benzene rings is 2. The highest BCUT2D eigenvalue weighted by Crippen LogP contribution is 2.51. The molecular weight excluding hydrogens is 336 g/mol. The number of rotatable bonds is 1. The van der Waals surface area contributed by atoms with Crippen molar-refractivity contribution >= 4 is 5.71 Å². The standard InChI is InChI=1S/C23H26N2O2/c1-16-8-10-17(11-9-16)19-14-20-18-6-4-5-7-21(18)27-23(25(20)24-19)12-13-26-22(2,3)15-23/h4-11,20H,12-15H2,1-3H3. The van der Waals surface area contributed by atoms with Gasteiger partial charge in [-0.15, -0.1) is 0 Å². The predicted octanol–water partition coefficient (Wildman–Crippen LogP) is 4.82. The van der Waals surface area contributed by atoms with Gasteiger partial charge in [0.25, 0.3) is 0 Å². The van der Waals surface area contributed by atoms with E-state index in [1.807, 2.05) is 0 Å². The van der Waals surface area contributed by atoms with E-state index in [-0.39, 0.29) is 11.6 Å². The van der Waals surface area contributed by atoms with Gasteiger partial charge in [0.2, 0.25) is 5.72 Å². The van der Waals surface area contributed by atoms with Crippen LogP contribution in [-0.4, -0.2) is 28.7 Å². The van der Waals surface area contributed by atoms with Gasteiger partial charge >= 0.3 is 0 Å². The molecule has 0 N–H and O–H groups in total. The van der Waals surface area contributed by atoms with Gasteiger partial charge in [0.05, 0.1) is 24.0 Å². The zero-order chi connectivity index (χ0) is 18.6. The number of hydrazone groups is 1. The van der Waals surface area contributed by atoms with Crippen molar-refractivity contribution in [2.24, 2.45) is 5.10 Å². The Balaban J connectivity index is 1.60. The fourth-order valence-corrected chi connectivity index (χ4v) is 4.72. The summed E-state index contributed by atoms with van der Waals surface area (Å²) in [5, 5.41) is 7.37. The first-order valence-corrected chi connectivity index (χ1v) is 9.82. The highest BCUT2D eigenvalue weighted by atomic mass is 16.5. The Bertz CT molecular complexity index is 903. The maximum absolute atomic E-state index is 6.65. The lowest BCUT2D eigenvalue weighted by Crippen LogP contribution is -2.60. The summed E-state index contributed by atoms with van der Waals surface area (Å²) in [6, 6.07) is 17.3. The smallest absolute Gasteiger partial charge is 0.203 e. The number of para-hydroxylation sites is 1. The fourth-order valence-electron chi connectivity index (χ4n) is 4.72. The van der Waals surface area contributed by atoms with Crippen molar-refractivity contribution in [2.75, 3.05) is 6.61 Å². The van der Waals surface area contributed by atoms with Crippen LogP contribution in [0.3, 0.4) is 0 Å². The predicted molar refractivity (Wildman–Crippen MR) is 106 cm³/mol. The minimum atomic E-state index is -0.437. The zero-order valence-electron chi connectivity index (χ0n) is 16.2. The molecule has 2 aromatic carbocycles. The van der Waals surface area contributed by atoms with Crippen LogP contribution in [0.15, 0.2) is 53.6 Å². The second-order valence-corrected chi connectivity index (χ2v) is 8.60. The summed E-state index contributed by atoms with van der Waals surface area (Å²) in [5.41, 5.74) is 4.19. The number of nitrogens with zero attached hydrogens (tertiary/aromatic N) is 2. The highest BCUT2D eigenvalue weighted by molar-refractivity contribution is 6.02. The molecule has 1 spiro atoms. The Morgan fingerprint density at radius 2 is 1.85 bits per heavy atom. The second-order valence-electron chi connectivity index (χ2n) is 8.60. The minimum Gasteiger partial charge on any atom is -0.466 e. The molecule has 27 heavy (non-hydrogen) atoms. The molecule has 5 rings (SSSR count). The molecule has 0 saturated carbocycles. The van der Waals surface area contributed by atoms with Crippen molar-refractivity contribution in [3.63, 3.8) is 0 Å². The lowest BCUT2D eigenvalue weighted by molar-refractivity contribution is -0.212. The number of hydrogen-bond donors (Lipinski definition) is 0. The van der Waals surface area contributed by atoms with Crippen molar-refractivity contribution in [1.29, 1.82) is 0 Å². The van der Waals surface area contributed by atoms with Gasteiger partial charge in [0, 0.05) is 24.8 Å². The van der Waals surface area contributed by atoms with E-state index in [2.05, 4.69) is 74.3 Å². The molecule has 0 aromatic heterocycles. The lowest BCUT2D eigenvalue weighted by atomic mass is 9.86. The molecule has 1 fully saturated rings. The summed E-state index contributed by atoms with van der Waals surface area (Å²) < 4.78 is 12.7. The number of hydrogen-bond acceptors (Lipinski definition) is 4. The molecule has 3 aliphatic rings. The van der Waals surface area contributed by atoms with Crippen LogP contribution in [0.5, 0.6) is 5.75 Å². The van der Waals surface area contributed by atoms with Crippen LogP contribution < -0.4 is 4.74 Å². The average Bonchev–Trinajstić information content (AvgIpc) is 3.08. The van der Waals surface area contributed by atoms with Crippen molar-refractivity contribution in [2.45, 2.75) is 57.4 Å². The van der Waals surface area contributed by atoms with E-state index in [1.165, 1.54) is 16.7 Å². The van der Waals surface area contributed by atoms with E-state index in [1.54, 1.807) is 0 Å². The molecule has 0 aliphatic carbocycles. The number of ether oxygens (including phenoxy) is 2. The van der Waals surface area contributed by atoms with E-state index in [0.717, 1.165) is 30.7 Å². The van der Waals surface area contributed by atoms with E-state index in [0.29, 0.717) is 6.61 Å². The van der Waals surface area contributed by atoms with Crippen LogP contribution in [0.25, 0.3) is 0 Å². The van der Waals surface area contributed by atoms with Gasteiger partial charge < -0.3 is 9.47 Å². The van der Waals surface area contributed by atoms with Gasteiger partial charge in [0.15, 0.2) is 0 Å². The van der Waals surface area contributed by atoms with Gasteiger partial charge in [-0.1, -0.05) is 48.0 Å². The molecule has 0 amide bonds. The van der Waals surface area contributed by atoms with Gasteiger partial charge in [-0.25, -0.2) is 5.01 Å². The minimum absolute atomic E-state index is 0.222. The Morgan fingerprint density at radius 3 is 2.63 bits per heavy atom. The Labute approximate surface area is 160 Å². The van der Waals surface area contributed by atoms with Crippen LogP contribution in [0.1, 0.15) is 55.8 Å². The zero-order valence-corrected chi connectivity index (χ0v) is 16.2. The first-order valence-electron chi connectivity index (χ1n) is 9.82. The van der Waals surface area contributed by atoms with Gasteiger partial charge in [-0.3, -0.25) is 0 Å². The second kappa shape index (κ2) is 5.83. The van der Waals surface area contributed by atoms with E-state index in [9.17, 15) is 0 Å². The summed E-state index contributed by atoms with van der Waals surface area (Å²) in [6.07, 6.45) is 2.54. The molecule has 2 unspecified atom stereocenters. The van der Waals surface area contributed by atoms with Crippen molar-refractivity contribution in [1.82, 2.24) is 5.01 Å². The molecule has 3 heterocycles. The molecular formula is C23H26N2O2. The molecule has 0 radical (unpaired) electrons. The topological polar surface area (TPSA) is 34.1 Å². The SMILES string of the molecule is Cc1ccc(C2=NN3C(C2)c2ccccc2OC32CCOC(C)(C)C2)cc1. The van der Waals surface area contributed by atoms with Crippen LogP contribution in [-0.2, 0) is 4.74 Å². The normalized spacial score (nSPS) is 28.3. The van der Waals surface area contributed by atoms with Crippen molar-refractivity contribution in [3.8, 4) is 5.75 Å². The van der Waals surface area contributed by atoms with Crippen LogP contribution in [0.2, 0.25) is 0 Å². The molecule has 4 heteroatoms. The molecule has 0 bridgehead atoms. The maximum Gasteiger partial charge on any atom is 0.203 e. The van der Waals surface area contributed by atoms with E-state index in [4.69, 9.17) is 14.6 Å². The summed E-state index contributed by atoms with van der Waals surface area (Å²) in [7, 11) is 0. The summed E-state index contributed by atoms with van der Waals surface area (Å²) in [6.45, 7) is 7.10. The summed E-state index contributed by atoms with van der Waals surface area (Å²) in [4.78, 5) is 0. The summed E-state index contributed by atoms with van der Waals surface area (Å²) in [5.74, 6) is 0.997. The van der Waals surface area contributed by atoms with Crippen molar-refractivity contribution < 1.29 is 9.47 Å². The van der Waals surface area contributed by atoms with E-state index < -0.39 is 5.72 Å². The van der Waals surface area contributed by atoms with Gasteiger partial charge in [-0.05, 0) is 32.4 Å². The quantitative estimate of drug-likeness (QED) is 0.729. The average molecular weight is 362 g/mol. The summed E-state index contributed by atoms with van der Waals surface area (Å²) >= 11 is 0. The molecule has 140 valence electrons. The van der Waals surface area contributed by atoms with Gasteiger partial charge in [0.1, 0.15) is 5.75 Å². The Hall–Kier alpha value is -2.33. The monoisotopic (exact) mass is 362 g/mol. The van der Waals surface area contributed by atoms with Crippen LogP contribution >= 0.6 is 0 Å². The molecule has 2 aromatic rings.